The number of nitrogens with zero attached hydrogens (tertiary/aromatic N) is 2. The van der Waals surface area contributed by atoms with Crippen molar-refractivity contribution in [2.24, 2.45) is 0 Å². The van der Waals surface area contributed by atoms with E-state index in [1.807, 2.05) is 25.1 Å². The molecule has 6 nitrogen and oxygen atoms in total. The summed E-state index contributed by atoms with van der Waals surface area (Å²) in [4.78, 5) is 0. The molecule has 1 aromatic carbocycles. The first kappa shape index (κ1) is 15.3. The minimum Gasteiger partial charge on any atom is -0.493 e. The van der Waals surface area contributed by atoms with Crippen molar-refractivity contribution in [2.45, 2.75) is 40.0 Å². The van der Waals surface area contributed by atoms with Crippen LogP contribution in [0.5, 0.6) is 11.5 Å². The number of hydrogen-bond acceptors (Lipinski definition) is 6. The van der Waals surface area contributed by atoms with Crippen molar-refractivity contribution in [2.75, 3.05) is 7.11 Å². The highest BCUT2D eigenvalue weighted by molar-refractivity contribution is 5.43. The molecule has 2 rings (SSSR count). The molecular weight excluding hydrogens is 270 g/mol. The molecule has 0 aliphatic carbocycles. The summed E-state index contributed by atoms with van der Waals surface area (Å²) in [6.07, 6.45) is 0. The number of methoxy groups -OCH3 is 1. The fourth-order valence-corrected chi connectivity index (χ4v) is 1.79. The molecule has 0 atom stereocenters. The Kier molecular flexibility index (Phi) is 5.16. The number of ether oxygens (including phenoxy) is 2. The average Bonchev–Trinajstić information content (AvgIpc) is 2.88. The van der Waals surface area contributed by atoms with Crippen LogP contribution in [0.3, 0.4) is 0 Å². The highest BCUT2D eigenvalue weighted by Gasteiger charge is 2.10. The van der Waals surface area contributed by atoms with Crippen molar-refractivity contribution in [1.29, 1.82) is 0 Å². The van der Waals surface area contributed by atoms with Crippen LogP contribution in [0, 0.1) is 6.92 Å². The quantitative estimate of drug-likeness (QED) is 0.845. The van der Waals surface area contributed by atoms with Crippen molar-refractivity contribution in [3.05, 3.63) is 35.2 Å². The number of benzene rings is 1. The Balaban J connectivity index is 2.08. The van der Waals surface area contributed by atoms with E-state index >= 15 is 0 Å². The van der Waals surface area contributed by atoms with E-state index in [-0.39, 0.29) is 0 Å². The van der Waals surface area contributed by atoms with Crippen molar-refractivity contribution >= 4 is 0 Å². The van der Waals surface area contributed by atoms with Gasteiger partial charge in [0.1, 0.15) is 18.0 Å². The van der Waals surface area contributed by atoms with E-state index in [1.54, 1.807) is 7.11 Å². The summed E-state index contributed by atoms with van der Waals surface area (Å²) in [7, 11) is 1.62. The van der Waals surface area contributed by atoms with Gasteiger partial charge in [-0.1, -0.05) is 30.2 Å². The molecule has 1 N–H and O–H groups in total. The SMILES string of the molecule is COc1ccc(CNC(C)C)cc1OCc1nonc1C. The number of aryl methyl sites for hydroxylation is 1. The van der Waals surface area contributed by atoms with E-state index in [0.29, 0.717) is 29.8 Å². The van der Waals surface area contributed by atoms with Gasteiger partial charge in [0.05, 0.1) is 7.11 Å². The second-order valence-electron chi connectivity index (χ2n) is 5.11. The van der Waals surface area contributed by atoms with Gasteiger partial charge in [0.15, 0.2) is 11.5 Å². The first-order valence-corrected chi connectivity index (χ1v) is 6.91. The van der Waals surface area contributed by atoms with Crippen LogP contribution in [0.25, 0.3) is 0 Å². The molecule has 1 heterocycles. The summed E-state index contributed by atoms with van der Waals surface area (Å²) < 4.78 is 15.8. The van der Waals surface area contributed by atoms with E-state index in [4.69, 9.17) is 9.47 Å². The summed E-state index contributed by atoms with van der Waals surface area (Å²) in [5.74, 6) is 1.38. The van der Waals surface area contributed by atoms with Gasteiger partial charge < -0.3 is 14.8 Å². The third kappa shape index (κ3) is 4.19. The molecule has 0 spiro atoms. The first-order valence-electron chi connectivity index (χ1n) is 6.91. The van der Waals surface area contributed by atoms with Gasteiger partial charge in [0.2, 0.25) is 0 Å². The van der Waals surface area contributed by atoms with Gasteiger partial charge in [0.25, 0.3) is 0 Å². The molecular formula is C15H21N3O3. The van der Waals surface area contributed by atoms with Gasteiger partial charge in [-0.2, -0.15) is 0 Å². The Bertz CT molecular complexity index is 581. The summed E-state index contributed by atoms with van der Waals surface area (Å²) >= 11 is 0. The van der Waals surface area contributed by atoms with E-state index in [0.717, 1.165) is 17.8 Å². The topological polar surface area (TPSA) is 69.4 Å². The summed E-state index contributed by atoms with van der Waals surface area (Å²) in [5.41, 5.74) is 2.55. The number of nitrogens with one attached hydrogen (secondary N) is 1. The van der Waals surface area contributed by atoms with Crippen molar-refractivity contribution in [1.82, 2.24) is 15.6 Å². The van der Waals surface area contributed by atoms with Crippen molar-refractivity contribution in [3.63, 3.8) is 0 Å². The smallest absolute Gasteiger partial charge is 0.162 e. The van der Waals surface area contributed by atoms with Crippen LogP contribution in [0.2, 0.25) is 0 Å². The summed E-state index contributed by atoms with van der Waals surface area (Å²) in [6, 6.07) is 6.32. The van der Waals surface area contributed by atoms with Crippen molar-refractivity contribution < 1.29 is 14.1 Å². The van der Waals surface area contributed by atoms with Gasteiger partial charge in [0, 0.05) is 12.6 Å². The standard InChI is InChI=1S/C15H21N3O3/c1-10(2)16-8-12-5-6-14(19-4)15(7-12)20-9-13-11(3)17-21-18-13/h5-7,10,16H,8-9H2,1-4H3. The zero-order chi connectivity index (χ0) is 15.2. The molecule has 0 radical (unpaired) electrons. The molecule has 1 aromatic heterocycles. The van der Waals surface area contributed by atoms with Crippen LogP contribution in [0.15, 0.2) is 22.8 Å². The van der Waals surface area contributed by atoms with Crippen molar-refractivity contribution in [3.8, 4) is 11.5 Å². The minimum atomic E-state index is 0.298. The lowest BCUT2D eigenvalue weighted by Gasteiger charge is -2.13. The lowest BCUT2D eigenvalue weighted by molar-refractivity contribution is 0.260. The Morgan fingerprint density at radius 3 is 2.67 bits per heavy atom. The molecule has 0 unspecified atom stereocenters. The van der Waals surface area contributed by atoms with Crippen LogP contribution < -0.4 is 14.8 Å². The Morgan fingerprint density at radius 1 is 1.24 bits per heavy atom. The minimum absolute atomic E-state index is 0.298. The highest BCUT2D eigenvalue weighted by Crippen LogP contribution is 2.29. The van der Waals surface area contributed by atoms with Gasteiger partial charge in [-0.05, 0) is 24.6 Å². The molecule has 2 aromatic rings. The third-order valence-electron chi connectivity index (χ3n) is 3.05. The first-order chi connectivity index (χ1) is 10.1. The average molecular weight is 291 g/mol. The normalized spacial score (nSPS) is 10.9. The Labute approximate surface area is 124 Å². The van der Waals surface area contributed by atoms with E-state index in [1.165, 1.54) is 0 Å². The van der Waals surface area contributed by atoms with Crippen LogP contribution in [-0.4, -0.2) is 23.5 Å². The highest BCUT2D eigenvalue weighted by atomic mass is 16.6. The fourth-order valence-electron chi connectivity index (χ4n) is 1.79. The predicted octanol–water partition coefficient (Wildman–Crippen LogP) is 2.46. The molecule has 0 aliphatic heterocycles. The summed E-state index contributed by atoms with van der Waals surface area (Å²) in [5, 5.41) is 10.9. The predicted molar refractivity (Wildman–Crippen MR) is 78.3 cm³/mol. The Morgan fingerprint density at radius 2 is 2.05 bits per heavy atom. The second-order valence-corrected chi connectivity index (χ2v) is 5.11. The van der Waals surface area contributed by atoms with Crippen LogP contribution in [-0.2, 0) is 13.2 Å². The van der Waals surface area contributed by atoms with E-state index in [2.05, 4.69) is 34.1 Å². The molecule has 0 fully saturated rings. The molecule has 0 aliphatic rings. The number of aromatic nitrogens is 2. The summed E-state index contributed by atoms with van der Waals surface area (Å²) in [6.45, 7) is 7.13. The lowest BCUT2D eigenvalue weighted by atomic mass is 10.2. The monoisotopic (exact) mass is 291 g/mol. The van der Waals surface area contributed by atoms with Crippen LogP contribution in [0.1, 0.15) is 30.8 Å². The lowest BCUT2D eigenvalue weighted by Crippen LogP contribution is -2.21. The fraction of sp³-hybridized carbons (Fsp3) is 0.467. The largest absolute Gasteiger partial charge is 0.493 e. The zero-order valence-electron chi connectivity index (χ0n) is 12.8. The maximum Gasteiger partial charge on any atom is 0.162 e. The Hall–Kier alpha value is -2.08. The van der Waals surface area contributed by atoms with Gasteiger partial charge in [-0.3, -0.25) is 0 Å². The van der Waals surface area contributed by atoms with Gasteiger partial charge in [-0.15, -0.1) is 0 Å². The number of hydrogen-bond donors (Lipinski definition) is 1. The van der Waals surface area contributed by atoms with Gasteiger partial charge in [-0.25, -0.2) is 4.63 Å². The second kappa shape index (κ2) is 7.08. The van der Waals surface area contributed by atoms with Gasteiger partial charge >= 0.3 is 0 Å². The molecule has 6 heteroatoms. The molecule has 0 bridgehead atoms. The molecule has 21 heavy (non-hydrogen) atoms. The molecule has 0 saturated carbocycles. The maximum atomic E-state index is 5.79. The van der Waals surface area contributed by atoms with Crippen LogP contribution >= 0.6 is 0 Å². The number of rotatable bonds is 7. The molecule has 0 amide bonds. The third-order valence-corrected chi connectivity index (χ3v) is 3.05. The van der Waals surface area contributed by atoms with E-state index in [9.17, 15) is 0 Å². The van der Waals surface area contributed by atoms with Crippen LogP contribution in [0.4, 0.5) is 0 Å². The zero-order valence-corrected chi connectivity index (χ0v) is 12.8. The maximum absolute atomic E-state index is 5.79. The molecule has 0 saturated heterocycles. The molecule has 114 valence electrons. The van der Waals surface area contributed by atoms with E-state index < -0.39 is 0 Å².